The molecule has 7 heteroatoms. The van der Waals surface area contributed by atoms with E-state index in [1.165, 1.54) is 4.90 Å². The van der Waals surface area contributed by atoms with Crippen molar-refractivity contribution in [3.63, 3.8) is 0 Å². The number of H-pyrrole nitrogens is 1. The molecule has 140 valence electrons. The standard InChI is InChI=1S/C21H18N4O3/c1-25-9-7-21(27,20(25)26)18-11-17(28-24-18)14-5-2-4-13(10-14)16-12-23-19-15(16)6-3-8-22-19/h2-6,8,10-12,27H,7,9H2,1H3,(H,22,23). The molecule has 4 heterocycles. The number of carbonyl (C=O) groups is 1. The minimum atomic E-state index is -1.61. The number of aliphatic hydroxyl groups is 1. The molecular weight excluding hydrogens is 356 g/mol. The van der Waals surface area contributed by atoms with Gasteiger partial charge >= 0.3 is 0 Å². The van der Waals surface area contributed by atoms with E-state index in [4.69, 9.17) is 4.52 Å². The van der Waals surface area contributed by atoms with E-state index in [1.807, 2.05) is 42.6 Å². The Hall–Kier alpha value is -3.45. The molecule has 0 spiro atoms. The van der Waals surface area contributed by atoms with Gasteiger partial charge in [-0.3, -0.25) is 4.79 Å². The van der Waals surface area contributed by atoms with Crippen LogP contribution in [-0.4, -0.2) is 44.6 Å². The van der Waals surface area contributed by atoms with Gasteiger partial charge in [-0.1, -0.05) is 23.4 Å². The van der Waals surface area contributed by atoms with Crippen molar-refractivity contribution >= 4 is 16.9 Å². The molecule has 3 aromatic heterocycles. The number of carbonyl (C=O) groups excluding carboxylic acids is 1. The summed E-state index contributed by atoms with van der Waals surface area (Å²) in [7, 11) is 1.67. The van der Waals surface area contributed by atoms with Crippen molar-refractivity contribution < 1.29 is 14.4 Å². The van der Waals surface area contributed by atoms with Crippen LogP contribution in [0.25, 0.3) is 33.5 Å². The Morgan fingerprint density at radius 2 is 2.07 bits per heavy atom. The predicted molar refractivity (Wildman–Crippen MR) is 103 cm³/mol. The van der Waals surface area contributed by atoms with Gasteiger partial charge in [0.05, 0.1) is 0 Å². The van der Waals surface area contributed by atoms with Crippen LogP contribution in [0.3, 0.4) is 0 Å². The van der Waals surface area contributed by atoms with Crippen LogP contribution in [0.15, 0.2) is 59.4 Å². The van der Waals surface area contributed by atoms with Gasteiger partial charge in [0.1, 0.15) is 11.3 Å². The molecule has 5 rings (SSSR count). The Morgan fingerprint density at radius 1 is 1.21 bits per heavy atom. The van der Waals surface area contributed by atoms with Crippen LogP contribution in [0, 0.1) is 0 Å². The lowest BCUT2D eigenvalue weighted by molar-refractivity contribution is -0.143. The van der Waals surface area contributed by atoms with Crippen LogP contribution in [-0.2, 0) is 10.4 Å². The van der Waals surface area contributed by atoms with E-state index >= 15 is 0 Å². The summed E-state index contributed by atoms with van der Waals surface area (Å²) in [4.78, 5) is 21.3. The van der Waals surface area contributed by atoms with Crippen LogP contribution in [0.1, 0.15) is 12.1 Å². The number of benzene rings is 1. The molecule has 7 nitrogen and oxygen atoms in total. The first-order valence-corrected chi connectivity index (χ1v) is 9.04. The minimum Gasteiger partial charge on any atom is -0.374 e. The average molecular weight is 374 g/mol. The van der Waals surface area contributed by atoms with Gasteiger partial charge in [-0.2, -0.15) is 0 Å². The van der Waals surface area contributed by atoms with Crippen LogP contribution < -0.4 is 0 Å². The number of hydrogen-bond donors (Lipinski definition) is 2. The normalized spacial score (nSPS) is 19.6. The molecule has 0 saturated carbocycles. The highest BCUT2D eigenvalue weighted by Crippen LogP contribution is 2.35. The molecule has 1 unspecified atom stereocenters. The zero-order valence-electron chi connectivity index (χ0n) is 15.2. The number of nitrogens with one attached hydrogen (secondary N) is 1. The third-order valence-electron chi connectivity index (χ3n) is 5.35. The Kier molecular flexibility index (Phi) is 3.60. The lowest BCUT2D eigenvalue weighted by Crippen LogP contribution is -2.36. The summed E-state index contributed by atoms with van der Waals surface area (Å²) in [5.41, 5.74) is 2.32. The van der Waals surface area contributed by atoms with Crippen LogP contribution in [0.5, 0.6) is 0 Å². The zero-order valence-corrected chi connectivity index (χ0v) is 15.2. The molecule has 1 atom stereocenters. The van der Waals surface area contributed by atoms with Crippen molar-refractivity contribution in [1.29, 1.82) is 0 Å². The number of aromatic amines is 1. The number of nitrogens with zero attached hydrogens (tertiary/aromatic N) is 3. The number of rotatable bonds is 3. The topological polar surface area (TPSA) is 95.2 Å². The van der Waals surface area contributed by atoms with Crippen molar-refractivity contribution in [2.24, 2.45) is 0 Å². The smallest absolute Gasteiger partial charge is 0.260 e. The summed E-state index contributed by atoms with van der Waals surface area (Å²) in [5.74, 6) is 0.151. The Balaban J connectivity index is 1.53. The monoisotopic (exact) mass is 374 g/mol. The van der Waals surface area contributed by atoms with Gasteiger partial charge in [0, 0.05) is 55.0 Å². The van der Waals surface area contributed by atoms with Crippen LogP contribution in [0.4, 0.5) is 0 Å². The van der Waals surface area contributed by atoms with Crippen molar-refractivity contribution in [3.05, 3.63) is 60.6 Å². The largest absolute Gasteiger partial charge is 0.374 e. The number of hydrogen-bond acceptors (Lipinski definition) is 5. The van der Waals surface area contributed by atoms with Crippen molar-refractivity contribution in [2.75, 3.05) is 13.6 Å². The van der Waals surface area contributed by atoms with E-state index in [0.717, 1.165) is 27.7 Å². The molecule has 0 bridgehead atoms. The molecule has 1 aromatic carbocycles. The molecule has 4 aromatic rings. The summed E-state index contributed by atoms with van der Waals surface area (Å²) in [5, 5.41) is 15.8. The lowest BCUT2D eigenvalue weighted by Gasteiger charge is -2.16. The number of likely N-dealkylation sites (tertiary alicyclic amines) is 1. The van der Waals surface area contributed by atoms with Gasteiger partial charge in [-0.15, -0.1) is 0 Å². The fraction of sp³-hybridized carbons (Fsp3) is 0.190. The van der Waals surface area contributed by atoms with E-state index in [1.54, 1.807) is 19.3 Å². The summed E-state index contributed by atoms with van der Waals surface area (Å²) in [6.45, 7) is 0.488. The molecule has 1 amide bonds. The van der Waals surface area contributed by atoms with Gasteiger partial charge in [-0.25, -0.2) is 4.98 Å². The van der Waals surface area contributed by atoms with E-state index in [0.29, 0.717) is 18.7 Å². The maximum Gasteiger partial charge on any atom is 0.260 e. The predicted octanol–water partition coefficient (Wildman–Crippen LogP) is 2.93. The fourth-order valence-electron chi connectivity index (χ4n) is 3.73. The third-order valence-corrected chi connectivity index (χ3v) is 5.35. The van der Waals surface area contributed by atoms with Crippen molar-refractivity contribution in [2.45, 2.75) is 12.0 Å². The van der Waals surface area contributed by atoms with Crippen molar-refractivity contribution in [3.8, 4) is 22.5 Å². The molecule has 0 radical (unpaired) electrons. The maximum atomic E-state index is 12.3. The third kappa shape index (κ3) is 2.44. The second-order valence-electron chi connectivity index (χ2n) is 7.10. The van der Waals surface area contributed by atoms with Gasteiger partial charge < -0.3 is 19.5 Å². The van der Waals surface area contributed by atoms with E-state index in [9.17, 15) is 9.90 Å². The van der Waals surface area contributed by atoms with E-state index < -0.39 is 5.60 Å². The number of aromatic nitrogens is 3. The van der Waals surface area contributed by atoms with Gasteiger partial charge in [0.15, 0.2) is 11.4 Å². The summed E-state index contributed by atoms with van der Waals surface area (Å²) in [6.07, 6.45) is 3.98. The summed E-state index contributed by atoms with van der Waals surface area (Å²) in [6, 6.07) is 13.4. The molecule has 28 heavy (non-hydrogen) atoms. The van der Waals surface area contributed by atoms with Gasteiger partial charge in [0.25, 0.3) is 5.91 Å². The maximum absolute atomic E-state index is 12.3. The van der Waals surface area contributed by atoms with E-state index in [-0.39, 0.29) is 11.6 Å². The molecule has 1 fully saturated rings. The first kappa shape index (κ1) is 16.7. The highest BCUT2D eigenvalue weighted by Gasteiger charge is 2.47. The SMILES string of the molecule is CN1CCC(O)(c2cc(-c3cccc(-c4c[nH]c5ncccc45)c3)on2)C1=O. The molecule has 1 aliphatic heterocycles. The van der Waals surface area contributed by atoms with Gasteiger partial charge in [-0.05, 0) is 23.8 Å². The zero-order chi connectivity index (χ0) is 19.3. The molecule has 2 N–H and O–H groups in total. The number of likely N-dealkylation sites (N-methyl/N-ethyl adjacent to an activating group) is 1. The summed E-state index contributed by atoms with van der Waals surface area (Å²) >= 11 is 0. The number of pyridine rings is 1. The second-order valence-corrected chi connectivity index (χ2v) is 7.10. The number of fused-ring (bicyclic) bond motifs is 1. The minimum absolute atomic E-state index is 0.249. The Morgan fingerprint density at radius 3 is 2.89 bits per heavy atom. The highest BCUT2D eigenvalue weighted by atomic mass is 16.5. The average Bonchev–Trinajstić information content (AvgIpc) is 3.44. The molecule has 1 aliphatic rings. The first-order chi connectivity index (χ1) is 13.6. The Labute approximate surface area is 160 Å². The lowest BCUT2D eigenvalue weighted by atomic mass is 9.96. The fourth-order valence-corrected chi connectivity index (χ4v) is 3.73. The van der Waals surface area contributed by atoms with Crippen molar-refractivity contribution in [1.82, 2.24) is 20.0 Å². The van der Waals surface area contributed by atoms with Gasteiger partial charge in [0.2, 0.25) is 0 Å². The van der Waals surface area contributed by atoms with E-state index in [2.05, 4.69) is 15.1 Å². The quantitative estimate of drug-likeness (QED) is 0.575. The second kappa shape index (κ2) is 6.03. The van der Waals surface area contributed by atoms with Crippen LogP contribution >= 0.6 is 0 Å². The summed E-state index contributed by atoms with van der Waals surface area (Å²) < 4.78 is 5.47. The number of amides is 1. The molecule has 1 saturated heterocycles. The first-order valence-electron chi connectivity index (χ1n) is 9.04. The molecule has 0 aliphatic carbocycles. The molecular formula is C21H18N4O3. The Bertz CT molecular complexity index is 1200. The highest BCUT2D eigenvalue weighted by molar-refractivity contribution is 5.94. The van der Waals surface area contributed by atoms with Crippen LogP contribution in [0.2, 0.25) is 0 Å².